The predicted molar refractivity (Wildman–Crippen MR) is 67.4 cm³/mol. The molecule has 1 aromatic heterocycles. The fourth-order valence-corrected chi connectivity index (χ4v) is 2.67. The number of alkyl halides is 1. The Kier molecular flexibility index (Phi) is 3.98. The quantitative estimate of drug-likeness (QED) is 0.796. The van der Waals surface area contributed by atoms with Crippen LogP contribution in [0.2, 0.25) is 0 Å². The van der Waals surface area contributed by atoms with Crippen molar-refractivity contribution in [3.8, 4) is 5.88 Å². The molecule has 1 atom stereocenters. The Morgan fingerprint density at radius 3 is 3.19 bits per heavy atom. The average molecular weight is 286 g/mol. The first kappa shape index (κ1) is 11.6. The Morgan fingerprint density at radius 1 is 1.56 bits per heavy atom. The second-order valence-corrected chi connectivity index (χ2v) is 4.44. The van der Waals surface area contributed by atoms with Crippen molar-refractivity contribution in [1.82, 2.24) is 9.97 Å². The summed E-state index contributed by atoms with van der Waals surface area (Å²) in [4.78, 5) is 10.9. The molecular formula is C11H16BrN3O. The lowest BCUT2D eigenvalue weighted by molar-refractivity contribution is 0.325. The third kappa shape index (κ3) is 2.45. The van der Waals surface area contributed by atoms with Crippen LogP contribution in [-0.4, -0.2) is 34.5 Å². The summed E-state index contributed by atoms with van der Waals surface area (Å²) in [6.45, 7) is 3.63. The molecule has 1 saturated heterocycles. The minimum atomic E-state index is 0.533. The Hall–Kier alpha value is -0.840. The molecule has 0 spiro atoms. The van der Waals surface area contributed by atoms with E-state index in [1.807, 2.05) is 13.1 Å². The number of nitrogens with zero attached hydrogens (tertiary/aromatic N) is 3. The zero-order chi connectivity index (χ0) is 11.4. The lowest BCUT2D eigenvalue weighted by atomic mass is 10.2. The Labute approximate surface area is 104 Å². The Balaban J connectivity index is 2.16. The van der Waals surface area contributed by atoms with Gasteiger partial charge in [-0.25, -0.2) is 0 Å². The van der Waals surface area contributed by atoms with Crippen LogP contribution in [0.4, 0.5) is 5.82 Å². The average Bonchev–Trinajstić information content (AvgIpc) is 2.78. The molecule has 2 heterocycles. The topological polar surface area (TPSA) is 38.2 Å². The lowest BCUT2D eigenvalue weighted by Crippen LogP contribution is -2.31. The maximum absolute atomic E-state index is 5.36. The number of aromatic nitrogens is 2. The summed E-state index contributed by atoms with van der Waals surface area (Å²) >= 11 is 3.54. The number of halogens is 1. The van der Waals surface area contributed by atoms with Gasteiger partial charge in [-0.15, -0.1) is 0 Å². The van der Waals surface area contributed by atoms with Crippen molar-refractivity contribution < 1.29 is 4.74 Å². The second-order valence-electron chi connectivity index (χ2n) is 3.79. The standard InChI is InChI=1S/C11H16BrN3O/c1-2-16-11-8-13-7-10(14-11)15-5-3-4-9(15)6-12/h7-9H,2-6H2,1H3. The van der Waals surface area contributed by atoms with E-state index in [-0.39, 0.29) is 0 Å². The van der Waals surface area contributed by atoms with Crippen LogP contribution < -0.4 is 9.64 Å². The van der Waals surface area contributed by atoms with Gasteiger partial charge in [0.1, 0.15) is 0 Å². The van der Waals surface area contributed by atoms with E-state index in [1.165, 1.54) is 12.8 Å². The molecule has 0 radical (unpaired) electrons. The van der Waals surface area contributed by atoms with E-state index in [0.29, 0.717) is 18.5 Å². The SMILES string of the molecule is CCOc1cncc(N2CCCC2CBr)n1. The van der Waals surface area contributed by atoms with Crippen LogP contribution in [-0.2, 0) is 0 Å². The van der Waals surface area contributed by atoms with E-state index in [2.05, 4.69) is 30.8 Å². The van der Waals surface area contributed by atoms with Gasteiger partial charge in [-0.1, -0.05) is 15.9 Å². The van der Waals surface area contributed by atoms with E-state index >= 15 is 0 Å². The van der Waals surface area contributed by atoms with E-state index in [9.17, 15) is 0 Å². The minimum absolute atomic E-state index is 0.533. The summed E-state index contributed by atoms with van der Waals surface area (Å²) < 4.78 is 5.36. The fraction of sp³-hybridized carbons (Fsp3) is 0.636. The number of rotatable bonds is 4. The molecule has 1 aromatic rings. The first-order valence-electron chi connectivity index (χ1n) is 5.62. The van der Waals surface area contributed by atoms with E-state index in [1.54, 1.807) is 6.20 Å². The molecule has 5 heteroatoms. The summed E-state index contributed by atoms with van der Waals surface area (Å²) in [5, 5.41) is 0.980. The highest BCUT2D eigenvalue weighted by atomic mass is 79.9. The molecule has 0 aromatic carbocycles. The van der Waals surface area contributed by atoms with Crippen LogP contribution in [0.5, 0.6) is 5.88 Å². The highest BCUT2D eigenvalue weighted by Gasteiger charge is 2.24. The molecule has 1 fully saturated rings. The molecule has 1 aliphatic rings. The molecular weight excluding hydrogens is 270 g/mol. The maximum atomic E-state index is 5.36. The van der Waals surface area contributed by atoms with Crippen molar-refractivity contribution in [1.29, 1.82) is 0 Å². The summed E-state index contributed by atoms with van der Waals surface area (Å²) in [7, 11) is 0. The van der Waals surface area contributed by atoms with Crippen molar-refractivity contribution in [3.63, 3.8) is 0 Å². The predicted octanol–water partition coefficient (Wildman–Crippen LogP) is 2.24. The molecule has 2 rings (SSSR count). The van der Waals surface area contributed by atoms with Gasteiger partial charge < -0.3 is 9.64 Å². The normalized spacial score (nSPS) is 20.1. The van der Waals surface area contributed by atoms with Crippen LogP contribution >= 0.6 is 15.9 Å². The van der Waals surface area contributed by atoms with Crippen molar-refractivity contribution in [2.24, 2.45) is 0 Å². The molecule has 0 amide bonds. The van der Waals surface area contributed by atoms with Crippen LogP contribution in [0.3, 0.4) is 0 Å². The molecule has 0 aliphatic carbocycles. The highest BCUT2D eigenvalue weighted by Crippen LogP contribution is 2.25. The van der Waals surface area contributed by atoms with Crippen molar-refractivity contribution in [2.75, 3.05) is 23.4 Å². The summed E-state index contributed by atoms with van der Waals surface area (Å²) in [5.41, 5.74) is 0. The van der Waals surface area contributed by atoms with Gasteiger partial charge in [-0.2, -0.15) is 4.98 Å². The van der Waals surface area contributed by atoms with Gasteiger partial charge in [-0.05, 0) is 19.8 Å². The van der Waals surface area contributed by atoms with Gasteiger partial charge in [0.15, 0.2) is 5.82 Å². The number of hydrogen-bond donors (Lipinski definition) is 0. The van der Waals surface area contributed by atoms with Gasteiger partial charge in [0, 0.05) is 17.9 Å². The molecule has 0 bridgehead atoms. The molecule has 0 N–H and O–H groups in total. The second kappa shape index (κ2) is 5.48. The number of hydrogen-bond acceptors (Lipinski definition) is 4. The van der Waals surface area contributed by atoms with Gasteiger partial charge in [-0.3, -0.25) is 4.98 Å². The molecule has 1 unspecified atom stereocenters. The number of anilines is 1. The molecule has 1 aliphatic heterocycles. The first-order valence-corrected chi connectivity index (χ1v) is 6.74. The first-order chi connectivity index (χ1) is 7.85. The third-order valence-electron chi connectivity index (χ3n) is 2.74. The van der Waals surface area contributed by atoms with E-state index in [0.717, 1.165) is 17.7 Å². The van der Waals surface area contributed by atoms with E-state index < -0.39 is 0 Å². The zero-order valence-electron chi connectivity index (χ0n) is 9.40. The molecule has 88 valence electrons. The summed E-state index contributed by atoms with van der Waals surface area (Å²) in [6, 6.07) is 0.533. The third-order valence-corrected chi connectivity index (χ3v) is 3.49. The summed E-state index contributed by atoms with van der Waals surface area (Å²) in [5.74, 6) is 1.54. The Bertz CT molecular complexity index is 348. The van der Waals surface area contributed by atoms with Crippen LogP contribution in [0.25, 0.3) is 0 Å². The molecule has 4 nitrogen and oxygen atoms in total. The van der Waals surface area contributed by atoms with Gasteiger partial charge in [0.05, 0.1) is 19.0 Å². The monoisotopic (exact) mass is 285 g/mol. The highest BCUT2D eigenvalue weighted by molar-refractivity contribution is 9.09. The largest absolute Gasteiger partial charge is 0.477 e. The van der Waals surface area contributed by atoms with E-state index in [4.69, 9.17) is 4.74 Å². The Morgan fingerprint density at radius 2 is 2.44 bits per heavy atom. The van der Waals surface area contributed by atoms with Gasteiger partial charge in [0.2, 0.25) is 5.88 Å². The summed E-state index contributed by atoms with van der Waals surface area (Å²) in [6.07, 6.45) is 5.90. The van der Waals surface area contributed by atoms with Crippen molar-refractivity contribution >= 4 is 21.7 Å². The molecule has 0 saturated carbocycles. The fourth-order valence-electron chi connectivity index (χ4n) is 1.99. The van der Waals surface area contributed by atoms with Crippen molar-refractivity contribution in [2.45, 2.75) is 25.8 Å². The minimum Gasteiger partial charge on any atom is -0.477 e. The van der Waals surface area contributed by atoms with Crippen LogP contribution in [0.1, 0.15) is 19.8 Å². The smallest absolute Gasteiger partial charge is 0.234 e. The van der Waals surface area contributed by atoms with Gasteiger partial charge >= 0.3 is 0 Å². The lowest BCUT2D eigenvalue weighted by Gasteiger charge is -2.23. The van der Waals surface area contributed by atoms with Gasteiger partial charge in [0.25, 0.3) is 0 Å². The van der Waals surface area contributed by atoms with Crippen molar-refractivity contribution in [3.05, 3.63) is 12.4 Å². The number of ether oxygens (including phenoxy) is 1. The maximum Gasteiger partial charge on any atom is 0.234 e. The van der Waals surface area contributed by atoms with Crippen LogP contribution in [0.15, 0.2) is 12.4 Å². The molecule has 16 heavy (non-hydrogen) atoms. The zero-order valence-corrected chi connectivity index (χ0v) is 11.0. The van der Waals surface area contributed by atoms with Crippen LogP contribution in [0, 0.1) is 0 Å².